The number of allylic oxidation sites excluding steroid dienone is 1. The fraction of sp³-hybridized carbons (Fsp3) is 0.417. The van der Waals surface area contributed by atoms with E-state index in [0.29, 0.717) is 11.5 Å². The van der Waals surface area contributed by atoms with Gasteiger partial charge < -0.3 is 4.74 Å². The van der Waals surface area contributed by atoms with Gasteiger partial charge in [-0.3, -0.25) is 0 Å². The Kier molecular flexibility index (Phi) is 6.65. The third-order valence-corrected chi connectivity index (χ3v) is 5.61. The molecule has 0 radical (unpaired) electrons. The van der Waals surface area contributed by atoms with Gasteiger partial charge in [0.15, 0.2) is 11.6 Å². The minimum Gasteiger partial charge on any atom is -0.462 e. The molecule has 0 atom stereocenters. The van der Waals surface area contributed by atoms with Gasteiger partial charge in [0.05, 0.1) is 6.26 Å². The zero-order valence-electron chi connectivity index (χ0n) is 16.2. The Morgan fingerprint density at radius 1 is 0.963 bits per heavy atom. The van der Waals surface area contributed by atoms with E-state index in [1.807, 2.05) is 12.1 Å². The van der Waals surface area contributed by atoms with Crippen LogP contribution in [-0.4, -0.2) is 0 Å². The molecule has 3 heteroatoms. The Labute approximate surface area is 161 Å². The van der Waals surface area contributed by atoms with Crippen molar-refractivity contribution in [3.05, 3.63) is 65.9 Å². The first-order valence-corrected chi connectivity index (χ1v) is 10.00. The van der Waals surface area contributed by atoms with Gasteiger partial charge in [0, 0.05) is 5.56 Å². The summed E-state index contributed by atoms with van der Waals surface area (Å²) in [7, 11) is 0. The third-order valence-electron chi connectivity index (χ3n) is 5.61. The van der Waals surface area contributed by atoms with Crippen LogP contribution in [0.15, 0.2) is 48.7 Å². The van der Waals surface area contributed by atoms with Crippen LogP contribution in [0.1, 0.15) is 63.9 Å². The second kappa shape index (κ2) is 9.16. The maximum atomic E-state index is 14.5. The highest BCUT2D eigenvalue weighted by Crippen LogP contribution is 2.38. The lowest BCUT2D eigenvalue weighted by Gasteiger charge is -2.28. The molecule has 3 rings (SSSR count). The summed E-state index contributed by atoms with van der Waals surface area (Å²) in [6, 6.07) is 11.0. The van der Waals surface area contributed by atoms with Gasteiger partial charge in [0.1, 0.15) is 0 Å². The Bertz CT molecular complexity index is 772. The summed E-state index contributed by atoms with van der Waals surface area (Å²) in [5, 5.41) is 0. The van der Waals surface area contributed by atoms with Crippen molar-refractivity contribution in [3.63, 3.8) is 0 Å². The van der Waals surface area contributed by atoms with Gasteiger partial charge in [-0.1, -0.05) is 50.1 Å². The monoisotopic (exact) mass is 370 g/mol. The summed E-state index contributed by atoms with van der Waals surface area (Å²) in [5.41, 5.74) is 2.26. The van der Waals surface area contributed by atoms with Gasteiger partial charge in [-0.25, -0.2) is 4.39 Å². The molecule has 1 fully saturated rings. The number of halogens is 2. The fourth-order valence-electron chi connectivity index (χ4n) is 4.11. The topological polar surface area (TPSA) is 9.23 Å². The predicted molar refractivity (Wildman–Crippen MR) is 107 cm³/mol. The van der Waals surface area contributed by atoms with Crippen LogP contribution in [0.5, 0.6) is 5.75 Å². The van der Waals surface area contributed by atoms with E-state index in [1.165, 1.54) is 56.4 Å². The molecular weight excluding hydrogens is 342 g/mol. The van der Waals surface area contributed by atoms with Gasteiger partial charge >= 0.3 is 0 Å². The first kappa shape index (κ1) is 19.6. The summed E-state index contributed by atoms with van der Waals surface area (Å²) in [4.78, 5) is 0. The van der Waals surface area contributed by atoms with Gasteiger partial charge in [-0.05, 0) is 67.7 Å². The molecule has 0 amide bonds. The van der Waals surface area contributed by atoms with Crippen molar-refractivity contribution in [2.24, 2.45) is 5.92 Å². The number of ether oxygens (including phenoxy) is 1. The average Bonchev–Trinajstić information content (AvgIpc) is 2.70. The molecule has 0 heterocycles. The van der Waals surface area contributed by atoms with Crippen molar-refractivity contribution in [1.29, 1.82) is 0 Å². The summed E-state index contributed by atoms with van der Waals surface area (Å²) in [5.74, 6) is -0.459. The lowest BCUT2D eigenvalue weighted by molar-refractivity contribution is 0.308. The van der Waals surface area contributed by atoms with Crippen LogP contribution in [0.4, 0.5) is 8.78 Å². The van der Waals surface area contributed by atoms with E-state index in [-0.39, 0.29) is 11.3 Å². The Hall–Kier alpha value is -2.16. The first-order valence-electron chi connectivity index (χ1n) is 10.00. The highest BCUT2D eigenvalue weighted by Gasteiger charge is 2.22. The van der Waals surface area contributed by atoms with Crippen LogP contribution < -0.4 is 4.74 Å². The van der Waals surface area contributed by atoms with E-state index < -0.39 is 11.6 Å². The summed E-state index contributed by atoms with van der Waals surface area (Å²) in [6.07, 6.45) is 10.6. The zero-order chi connectivity index (χ0) is 19.2. The van der Waals surface area contributed by atoms with E-state index >= 15 is 0 Å². The Balaban J connectivity index is 1.73. The molecule has 1 aliphatic rings. The van der Waals surface area contributed by atoms with Gasteiger partial charge in [0.25, 0.3) is 0 Å². The van der Waals surface area contributed by atoms with Crippen LogP contribution in [-0.2, 0) is 0 Å². The molecule has 2 aromatic rings. The van der Waals surface area contributed by atoms with Crippen molar-refractivity contribution in [1.82, 2.24) is 0 Å². The smallest absolute Gasteiger partial charge is 0.201 e. The number of rotatable bonds is 6. The Morgan fingerprint density at radius 3 is 2.30 bits per heavy atom. The maximum Gasteiger partial charge on any atom is 0.201 e. The molecule has 0 aromatic heterocycles. The Morgan fingerprint density at radius 2 is 1.67 bits per heavy atom. The zero-order valence-corrected chi connectivity index (χ0v) is 16.2. The van der Waals surface area contributed by atoms with E-state index in [0.717, 1.165) is 5.92 Å². The minimum absolute atomic E-state index is 0.102. The van der Waals surface area contributed by atoms with Crippen molar-refractivity contribution in [2.45, 2.75) is 58.3 Å². The second-order valence-corrected chi connectivity index (χ2v) is 7.45. The lowest BCUT2D eigenvalue weighted by Crippen LogP contribution is -2.13. The maximum absolute atomic E-state index is 14.5. The van der Waals surface area contributed by atoms with Crippen LogP contribution in [0.25, 0.3) is 11.1 Å². The summed E-state index contributed by atoms with van der Waals surface area (Å²) < 4.78 is 33.8. The van der Waals surface area contributed by atoms with Crippen molar-refractivity contribution < 1.29 is 13.5 Å². The number of benzene rings is 2. The summed E-state index contributed by atoms with van der Waals surface area (Å²) in [6.45, 7) is 4.01. The van der Waals surface area contributed by atoms with E-state index in [9.17, 15) is 8.78 Å². The lowest BCUT2D eigenvalue weighted by atomic mass is 9.77. The van der Waals surface area contributed by atoms with Crippen LogP contribution in [0, 0.1) is 17.6 Å². The molecule has 1 saturated carbocycles. The molecule has 0 saturated heterocycles. The highest BCUT2D eigenvalue weighted by atomic mass is 19.2. The van der Waals surface area contributed by atoms with Crippen LogP contribution in [0.3, 0.4) is 0 Å². The average molecular weight is 370 g/mol. The van der Waals surface area contributed by atoms with Crippen LogP contribution in [0.2, 0.25) is 0 Å². The molecule has 144 valence electrons. The van der Waals surface area contributed by atoms with Crippen molar-refractivity contribution in [3.8, 4) is 16.9 Å². The SMILES string of the molecule is C/C=C/Oc1ccc(-c2ccc(C3CCC(CCC)CC3)cc2)c(F)c1F. The highest BCUT2D eigenvalue weighted by molar-refractivity contribution is 5.65. The first-order chi connectivity index (χ1) is 13.1. The molecule has 0 aliphatic heterocycles. The summed E-state index contributed by atoms with van der Waals surface area (Å²) >= 11 is 0. The standard InChI is InChI=1S/C24H28F2O/c1-3-5-17-6-8-18(9-7-17)19-10-12-20(13-11-19)21-14-15-22(27-16-4-2)24(26)23(21)25/h4,10-18H,3,5-9H2,1-2H3/b16-4+. The fourth-order valence-corrected chi connectivity index (χ4v) is 4.11. The third kappa shape index (κ3) is 4.58. The predicted octanol–water partition coefficient (Wildman–Crippen LogP) is 7.62. The van der Waals surface area contributed by atoms with Crippen LogP contribution >= 0.6 is 0 Å². The van der Waals surface area contributed by atoms with Gasteiger partial charge in [-0.15, -0.1) is 0 Å². The molecule has 1 nitrogen and oxygen atoms in total. The largest absolute Gasteiger partial charge is 0.462 e. The van der Waals surface area contributed by atoms with E-state index in [4.69, 9.17) is 4.74 Å². The minimum atomic E-state index is -0.955. The molecule has 0 spiro atoms. The normalized spacial score (nSPS) is 20.1. The molecule has 0 bridgehead atoms. The van der Waals surface area contributed by atoms with Crippen molar-refractivity contribution >= 4 is 0 Å². The molecule has 1 aliphatic carbocycles. The molecule has 0 unspecified atom stereocenters. The quantitative estimate of drug-likeness (QED) is 0.475. The van der Waals surface area contributed by atoms with Crippen molar-refractivity contribution in [2.75, 3.05) is 0 Å². The second-order valence-electron chi connectivity index (χ2n) is 7.45. The van der Waals surface area contributed by atoms with E-state index in [2.05, 4.69) is 19.1 Å². The number of hydrogen-bond acceptors (Lipinski definition) is 1. The molecule has 27 heavy (non-hydrogen) atoms. The molecular formula is C24H28F2O. The molecule has 0 N–H and O–H groups in total. The molecule has 2 aromatic carbocycles. The van der Waals surface area contributed by atoms with Gasteiger partial charge in [-0.2, -0.15) is 4.39 Å². The number of hydrogen-bond donors (Lipinski definition) is 0. The van der Waals surface area contributed by atoms with E-state index in [1.54, 1.807) is 19.1 Å². The van der Waals surface area contributed by atoms with Gasteiger partial charge in [0.2, 0.25) is 5.82 Å².